The molecule has 2 amide bonds. The normalized spacial score (nSPS) is 14.5. The second-order valence-corrected chi connectivity index (χ2v) is 5.94. The van der Waals surface area contributed by atoms with Crippen molar-refractivity contribution in [1.29, 1.82) is 0 Å². The van der Waals surface area contributed by atoms with Gasteiger partial charge in [-0.15, -0.1) is 0 Å². The number of hydrogen-bond acceptors (Lipinski definition) is 3. The van der Waals surface area contributed by atoms with E-state index in [2.05, 4.69) is 6.58 Å². The lowest BCUT2D eigenvalue weighted by molar-refractivity contribution is -0.114. The van der Waals surface area contributed by atoms with E-state index in [-0.39, 0.29) is 11.4 Å². The van der Waals surface area contributed by atoms with Crippen LogP contribution >= 0.6 is 11.6 Å². The van der Waals surface area contributed by atoms with Crippen LogP contribution in [-0.2, 0) is 4.79 Å². The number of carbonyl (C=O) groups excluding carboxylic acids is 3. The summed E-state index contributed by atoms with van der Waals surface area (Å²) in [7, 11) is 0. The molecule has 0 saturated heterocycles. The minimum atomic E-state index is -0.927. The molecule has 5 heteroatoms. The van der Waals surface area contributed by atoms with Crippen LogP contribution in [-0.4, -0.2) is 22.5 Å². The Morgan fingerprint density at radius 2 is 1.50 bits per heavy atom. The highest BCUT2D eigenvalue weighted by molar-refractivity contribution is 6.31. The van der Waals surface area contributed by atoms with Gasteiger partial charge in [0.2, 0.25) is 0 Å². The fourth-order valence-electron chi connectivity index (χ4n) is 2.81. The van der Waals surface area contributed by atoms with Crippen molar-refractivity contribution in [2.24, 2.45) is 0 Å². The highest BCUT2D eigenvalue weighted by atomic mass is 35.5. The number of halogens is 1. The van der Waals surface area contributed by atoms with Gasteiger partial charge in [0.15, 0.2) is 5.78 Å². The van der Waals surface area contributed by atoms with Crippen LogP contribution in [0.15, 0.2) is 60.7 Å². The Balaban J connectivity index is 2.17. The van der Waals surface area contributed by atoms with Gasteiger partial charge in [-0.25, -0.2) is 0 Å². The summed E-state index contributed by atoms with van der Waals surface area (Å²) in [6.07, 6.45) is 0. The Labute approximate surface area is 144 Å². The Morgan fingerprint density at radius 3 is 2.00 bits per heavy atom. The van der Waals surface area contributed by atoms with Crippen LogP contribution < -0.4 is 0 Å². The number of carbonyl (C=O) groups is 3. The molecule has 1 heterocycles. The van der Waals surface area contributed by atoms with Crippen molar-refractivity contribution in [1.82, 2.24) is 4.90 Å². The first kappa shape index (κ1) is 16.1. The van der Waals surface area contributed by atoms with E-state index in [0.717, 1.165) is 4.90 Å². The molecular weight excluding hydrogens is 326 g/mol. The van der Waals surface area contributed by atoms with Gasteiger partial charge in [-0.05, 0) is 30.7 Å². The number of fused-ring (bicyclic) bond motifs is 1. The van der Waals surface area contributed by atoms with Gasteiger partial charge in [-0.2, -0.15) is 0 Å². The predicted octanol–water partition coefficient (Wildman–Crippen LogP) is 3.82. The predicted molar refractivity (Wildman–Crippen MR) is 91.0 cm³/mol. The third kappa shape index (κ3) is 2.45. The molecule has 1 unspecified atom stereocenters. The number of imide groups is 1. The van der Waals surface area contributed by atoms with Crippen molar-refractivity contribution >= 4 is 29.2 Å². The van der Waals surface area contributed by atoms with Crippen LogP contribution in [0.3, 0.4) is 0 Å². The van der Waals surface area contributed by atoms with E-state index in [9.17, 15) is 14.4 Å². The molecular formula is C19H14ClNO3. The van der Waals surface area contributed by atoms with Gasteiger partial charge >= 0.3 is 0 Å². The molecule has 0 aromatic heterocycles. The first-order chi connectivity index (χ1) is 11.4. The van der Waals surface area contributed by atoms with Gasteiger partial charge < -0.3 is 0 Å². The highest BCUT2D eigenvalue weighted by Gasteiger charge is 2.42. The molecule has 0 bridgehead atoms. The third-order valence-electron chi connectivity index (χ3n) is 4.07. The first-order valence-electron chi connectivity index (χ1n) is 7.34. The average Bonchev–Trinajstić information content (AvgIpc) is 2.82. The highest BCUT2D eigenvalue weighted by Crippen LogP contribution is 2.38. The summed E-state index contributed by atoms with van der Waals surface area (Å²) in [4.78, 5) is 38.5. The third-order valence-corrected chi connectivity index (χ3v) is 4.41. The average molecular weight is 340 g/mol. The van der Waals surface area contributed by atoms with E-state index < -0.39 is 17.9 Å². The molecule has 1 aliphatic heterocycles. The summed E-state index contributed by atoms with van der Waals surface area (Å²) in [5, 5.41) is 0.362. The number of amides is 2. The molecule has 24 heavy (non-hydrogen) atoms. The summed E-state index contributed by atoms with van der Waals surface area (Å²) in [5.74, 6) is -1.22. The molecule has 0 spiro atoms. The fraction of sp³-hybridized carbons (Fsp3) is 0.105. The summed E-state index contributed by atoms with van der Waals surface area (Å²) in [5.41, 5.74) is 1.26. The molecule has 0 aliphatic carbocycles. The molecule has 1 aliphatic rings. The minimum Gasteiger partial charge on any atom is -0.295 e. The molecule has 4 nitrogen and oxygen atoms in total. The Morgan fingerprint density at radius 1 is 1.00 bits per heavy atom. The largest absolute Gasteiger partial charge is 0.295 e. The van der Waals surface area contributed by atoms with Gasteiger partial charge in [-0.3, -0.25) is 19.3 Å². The standard InChI is InChI=1S/C19H14ClNO3/c1-11(12(2)22)17(15-9-5-6-10-16(15)20)21-18(23)13-7-3-4-8-14(13)19(21)24/h3-10,17H,1H2,2H3. The van der Waals surface area contributed by atoms with E-state index in [1.54, 1.807) is 48.5 Å². The molecule has 0 saturated carbocycles. The molecule has 3 rings (SSSR count). The quantitative estimate of drug-likeness (QED) is 0.628. The maximum atomic E-state index is 12.8. The number of rotatable bonds is 4. The van der Waals surface area contributed by atoms with E-state index >= 15 is 0 Å². The Bertz CT molecular complexity index is 853. The van der Waals surface area contributed by atoms with Crippen LogP contribution in [0.4, 0.5) is 0 Å². The van der Waals surface area contributed by atoms with Crippen molar-refractivity contribution in [3.05, 3.63) is 82.4 Å². The Hall–Kier alpha value is -2.72. The summed E-state index contributed by atoms with van der Waals surface area (Å²) < 4.78 is 0. The number of hydrogen-bond donors (Lipinski definition) is 0. The van der Waals surface area contributed by atoms with Crippen molar-refractivity contribution in [3.8, 4) is 0 Å². The van der Waals surface area contributed by atoms with Crippen LogP contribution in [0.1, 0.15) is 39.2 Å². The second-order valence-electron chi connectivity index (χ2n) is 5.53. The van der Waals surface area contributed by atoms with Gasteiger partial charge in [0.05, 0.1) is 17.2 Å². The molecule has 2 aromatic rings. The lowest BCUT2D eigenvalue weighted by Crippen LogP contribution is -2.36. The van der Waals surface area contributed by atoms with Crippen LogP contribution in [0.5, 0.6) is 0 Å². The monoisotopic (exact) mass is 339 g/mol. The molecule has 2 aromatic carbocycles. The van der Waals surface area contributed by atoms with E-state index in [4.69, 9.17) is 11.6 Å². The number of ketones is 1. The van der Waals surface area contributed by atoms with Gasteiger partial charge in [0.25, 0.3) is 11.8 Å². The minimum absolute atomic E-state index is 0.137. The maximum absolute atomic E-state index is 12.8. The first-order valence-corrected chi connectivity index (χ1v) is 7.72. The topological polar surface area (TPSA) is 54.5 Å². The van der Waals surface area contributed by atoms with Crippen LogP contribution in [0.25, 0.3) is 0 Å². The maximum Gasteiger partial charge on any atom is 0.262 e. The molecule has 0 N–H and O–H groups in total. The van der Waals surface area contributed by atoms with Crippen LogP contribution in [0, 0.1) is 0 Å². The fourth-order valence-corrected chi connectivity index (χ4v) is 3.05. The smallest absolute Gasteiger partial charge is 0.262 e. The van der Waals surface area contributed by atoms with Gasteiger partial charge in [0, 0.05) is 10.6 Å². The summed E-state index contributed by atoms with van der Waals surface area (Å²) >= 11 is 6.25. The number of Topliss-reactive ketones (excluding diaryl/α,β-unsaturated/α-hetero) is 1. The zero-order valence-electron chi connectivity index (χ0n) is 13.0. The summed E-state index contributed by atoms with van der Waals surface area (Å²) in [6, 6.07) is 12.5. The SMILES string of the molecule is C=C(C(C)=O)C(c1ccccc1Cl)N1C(=O)c2ccccc2C1=O. The van der Waals surface area contributed by atoms with Crippen molar-refractivity contribution in [2.45, 2.75) is 13.0 Å². The number of nitrogens with zero attached hydrogens (tertiary/aromatic N) is 1. The van der Waals surface area contributed by atoms with E-state index in [0.29, 0.717) is 21.7 Å². The van der Waals surface area contributed by atoms with Crippen LogP contribution in [0.2, 0.25) is 5.02 Å². The van der Waals surface area contributed by atoms with Crippen molar-refractivity contribution in [3.63, 3.8) is 0 Å². The zero-order valence-corrected chi connectivity index (χ0v) is 13.7. The van der Waals surface area contributed by atoms with Gasteiger partial charge in [-0.1, -0.05) is 48.5 Å². The van der Waals surface area contributed by atoms with Crippen molar-refractivity contribution < 1.29 is 14.4 Å². The lowest BCUT2D eigenvalue weighted by atomic mass is 9.95. The molecule has 0 radical (unpaired) electrons. The summed E-state index contributed by atoms with van der Waals surface area (Å²) in [6.45, 7) is 5.15. The molecule has 0 fully saturated rings. The van der Waals surface area contributed by atoms with Gasteiger partial charge in [0.1, 0.15) is 0 Å². The lowest BCUT2D eigenvalue weighted by Gasteiger charge is -2.28. The molecule has 120 valence electrons. The van der Waals surface area contributed by atoms with E-state index in [1.165, 1.54) is 6.92 Å². The zero-order chi connectivity index (χ0) is 17.4. The number of benzene rings is 2. The molecule has 1 atom stereocenters. The van der Waals surface area contributed by atoms with Crippen molar-refractivity contribution in [2.75, 3.05) is 0 Å². The second kappa shape index (κ2) is 6.06. The van der Waals surface area contributed by atoms with E-state index in [1.807, 2.05) is 0 Å². The Kier molecular flexibility index (Phi) is 4.08.